The van der Waals surface area contributed by atoms with Crippen molar-refractivity contribution in [3.8, 4) is 0 Å². The molecule has 0 aliphatic carbocycles. The fraction of sp³-hybridized carbons (Fsp3) is 0.529. The molecule has 0 radical (unpaired) electrons. The molecule has 0 amide bonds. The van der Waals surface area contributed by atoms with Gasteiger partial charge in [0.1, 0.15) is 5.82 Å². The summed E-state index contributed by atoms with van der Waals surface area (Å²) in [6, 6.07) is 7.79. The van der Waals surface area contributed by atoms with Gasteiger partial charge in [-0.3, -0.25) is 14.6 Å². The van der Waals surface area contributed by atoms with Gasteiger partial charge in [-0.2, -0.15) is 0 Å². The molecule has 6 heteroatoms. The number of aliphatic hydroxyl groups is 1. The first kappa shape index (κ1) is 16.1. The lowest BCUT2D eigenvalue weighted by atomic mass is 10.1. The molecule has 1 fully saturated rings. The molecule has 2 aromatic rings. The lowest BCUT2D eigenvalue weighted by Crippen LogP contribution is -2.53. The molecule has 2 atom stereocenters. The largest absolute Gasteiger partial charge is 0.392 e. The minimum absolute atomic E-state index is 0.0774. The maximum atomic E-state index is 12.1. The quantitative estimate of drug-likeness (QED) is 0.873. The molecule has 0 saturated carbocycles. The molecule has 124 valence electrons. The van der Waals surface area contributed by atoms with Crippen molar-refractivity contribution in [2.75, 3.05) is 26.2 Å². The first-order valence-corrected chi connectivity index (χ1v) is 8.15. The standard InChI is InChI=1S/C17H24N4O2/c1-12-9-20(7-8-21(12)10-13(2)22)11-16-18-15-6-4-3-5-14(15)17(23)19-16/h3-6,12-13,22H,7-11H2,1-2H3,(H,18,19,23). The Balaban J connectivity index is 1.70. The Morgan fingerprint density at radius 3 is 2.91 bits per heavy atom. The zero-order chi connectivity index (χ0) is 16.4. The van der Waals surface area contributed by atoms with Crippen LogP contribution in [-0.4, -0.2) is 63.2 Å². The smallest absolute Gasteiger partial charge is 0.258 e. The molecule has 1 aliphatic heterocycles. The van der Waals surface area contributed by atoms with Gasteiger partial charge in [0.25, 0.3) is 5.56 Å². The van der Waals surface area contributed by atoms with Crippen LogP contribution in [0.15, 0.2) is 29.1 Å². The molecule has 1 aromatic carbocycles. The van der Waals surface area contributed by atoms with Gasteiger partial charge in [-0.15, -0.1) is 0 Å². The van der Waals surface area contributed by atoms with E-state index >= 15 is 0 Å². The van der Waals surface area contributed by atoms with Crippen molar-refractivity contribution in [3.05, 3.63) is 40.4 Å². The number of aliphatic hydroxyl groups excluding tert-OH is 1. The second-order valence-electron chi connectivity index (χ2n) is 6.46. The van der Waals surface area contributed by atoms with Gasteiger partial charge in [-0.25, -0.2) is 4.98 Å². The molecule has 6 nitrogen and oxygen atoms in total. The van der Waals surface area contributed by atoms with E-state index in [0.29, 0.717) is 30.3 Å². The Labute approximate surface area is 135 Å². The van der Waals surface area contributed by atoms with Gasteiger partial charge in [0.2, 0.25) is 0 Å². The van der Waals surface area contributed by atoms with E-state index < -0.39 is 0 Å². The van der Waals surface area contributed by atoms with E-state index in [-0.39, 0.29) is 11.7 Å². The highest BCUT2D eigenvalue weighted by molar-refractivity contribution is 5.77. The first-order chi connectivity index (χ1) is 11.0. The number of aromatic amines is 1. The third-order valence-electron chi connectivity index (χ3n) is 4.38. The Kier molecular flexibility index (Phi) is 4.75. The van der Waals surface area contributed by atoms with Crippen LogP contribution in [0.5, 0.6) is 0 Å². The van der Waals surface area contributed by atoms with Crippen molar-refractivity contribution in [1.29, 1.82) is 0 Å². The fourth-order valence-electron chi connectivity index (χ4n) is 3.25. The number of para-hydroxylation sites is 1. The minimum atomic E-state index is -0.303. The molecule has 1 saturated heterocycles. The van der Waals surface area contributed by atoms with Crippen LogP contribution in [0.25, 0.3) is 10.9 Å². The molecular formula is C17H24N4O2. The number of rotatable bonds is 4. The topological polar surface area (TPSA) is 72.5 Å². The van der Waals surface area contributed by atoms with Gasteiger partial charge in [-0.05, 0) is 26.0 Å². The number of β-amino-alcohol motifs (C(OH)–C–C–N with tert-alkyl or cyclic N) is 1. The van der Waals surface area contributed by atoms with Crippen molar-refractivity contribution in [2.24, 2.45) is 0 Å². The number of hydrogen-bond donors (Lipinski definition) is 2. The van der Waals surface area contributed by atoms with E-state index in [1.807, 2.05) is 25.1 Å². The number of hydrogen-bond acceptors (Lipinski definition) is 5. The molecule has 0 bridgehead atoms. The lowest BCUT2D eigenvalue weighted by molar-refractivity contribution is 0.0414. The number of aromatic nitrogens is 2. The lowest BCUT2D eigenvalue weighted by Gasteiger charge is -2.40. The van der Waals surface area contributed by atoms with E-state index in [1.165, 1.54) is 0 Å². The van der Waals surface area contributed by atoms with E-state index in [0.717, 1.165) is 25.2 Å². The minimum Gasteiger partial charge on any atom is -0.392 e. The zero-order valence-electron chi connectivity index (χ0n) is 13.7. The molecule has 2 heterocycles. The predicted octanol–water partition coefficient (Wildman–Crippen LogP) is 0.810. The van der Waals surface area contributed by atoms with Gasteiger partial charge < -0.3 is 10.1 Å². The first-order valence-electron chi connectivity index (χ1n) is 8.15. The number of fused-ring (bicyclic) bond motifs is 1. The highest BCUT2D eigenvalue weighted by atomic mass is 16.3. The van der Waals surface area contributed by atoms with Crippen LogP contribution in [0.3, 0.4) is 0 Å². The molecule has 23 heavy (non-hydrogen) atoms. The predicted molar refractivity (Wildman–Crippen MR) is 90.4 cm³/mol. The van der Waals surface area contributed by atoms with E-state index in [1.54, 1.807) is 6.07 Å². The third kappa shape index (κ3) is 3.77. The highest BCUT2D eigenvalue weighted by Crippen LogP contribution is 2.13. The maximum absolute atomic E-state index is 12.1. The van der Waals surface area contributed by atoms with Gasteiger partial charge >= 0.3 is 0 Å². The van der Waals surface area contributed by atoms with Gasteiger partial charge in [0.15, 0.2) is 0 Å². The SMILES string of the molecule is CC(O)CN1CCN(Cc2nc3ccccc3c(=O)[nH]2)CC1C. The summed E-state index contributed by atoms with van der Waals surface area (Å²) in [5, 5.41) is 10.2. The average molecular weight is 316 g/mol. The van der Waals surface area contributed by atoms with Crippen molar-refractivity contribution >= 4 is 10.9 Å². The maximum Gasteiger partial charge on any atom is 0.258 e. The van der Waals surface area contributed by atoms with Crippen LogP contribution in [0.1, 0.15) is 19.7 Å². The van der Waals surface area contributed by atoms with Crippen LogP contribution in [0.4, 0.5) is 0 Å². The summed E-state index contributed by atoms with van der Waals surface area (Å²) in [6.07, 6.45) is -0.303. The summed E-state index contributed by atoms with van der Waals surface area (Å²) in [5.74, 6) is 0.713. The highest BCUT2D eigenvalue weighted by Gasteiger charge is 2.24. The summed E-state index contributed by atoms with van der Waals surface area (Å²) in [7, 11) is 0. The van der Waals surface area contributed by atoms with Crippen molar-refractivity contribution in [1.82, 2.24) is 19.8 Å². The van der Waals surface area contributed by atoms with E-state index in [2.05, 4.69) is 26.7 Å². The normalized spacial score (nSPS) is 21.6. The van der Waals surface area contributed by atoms with Crippen LogP contribution < -0.4 is 5.56 Å². The van der Waals surface area contributed by atoms with Gasteiger partial charge in [0.05, 0.1) is 23.6 Å². The summed E-state index contributed by atoms with van der Waals surface area (Å²) in [4.78, 5) is 24.2. The number of piperazine rings is 1. The number of nitrogens with zero attached hydrogens (tertiary/aromatic N) is 3. The summed E-state index contributed by atoms with van der Waals surface area (Å²) < 4.78 is 0. The Morgan fingerprint density at radius 2 is 2.17 bits per heavy atom. The summed E-state index contributed by atoms with van der Waals surface area (Å²) in [6.45, 7) is 8.08. The second kappa shape index (κ2) is 6.78. The van der Waals surface area contributed by atoms with Crippen molar-refractivity contribution in [2.45, 2.75) is 32.5 Å². The number of nitrogens with one attached hydrogen (secondary N) is 1. The summed E-state index contributed by atoms with van der Waals surface area (Å²) in [5.41, 5.74) is 0.665. The number of H-pyrrole nitrogens is 1. The van der Waals surface area contributed by atoms with Gasteiger partial charge in [0, 0.05) is 32.2 Å². The Hall–Kier alpha value is -1.76. The van der Waals surface area contributed by atoms with Crippen molar-refractivity contribution < 1.29 is 5.11 Å². The molecule has 1 aromatic heterocycles. The Morgan fingerprint density at radius 1 is 1.39 bits per heavy atom. The Bertz CT molecular complexity index is 728. The second-order valence-corrected chi connectivity index (χ2v) is 6.46. The molecule has 0 spiro atoms. The average Bonchev–Trinajstić information content (AvgIpc) is 2.50. The summed E-state index contributed by atoms with van der Waals surface area (Å²) >= 11 is 0. The molecule has 3 rings (SSSR count). The molecule has 1 aliphatic rings. The monoisotopic (exact) mass is 316 g/mol. The molecule has 2 N–H and O–H groups in total. The van der Waals surface area contributed by atoms with Gasteiger partial charge in [-0.1, -0.05) is 12.1 Å². The van der Waals surface area contributed by atoms with Crippen LogP contribution in [0, 0.1) is 0 Å². The molecular weight excluding hydrogens is 292 g/mol. The molecule has 2 unspecified atom stereocenters. The fourth-order valence-corrected chi connectivity index (χ4v) is 3.25. The van der Waals surface area contributed by atoms with Crippen LogP contribution in [0.2, 0.25) is 0 Å². The third-order valence-corrected chi connectivity index (χ3v) is 4.38. The number of benzene rings is 1. The van der Waals surface area contributed by atoms with Crippen molar-refractivity contribution in [3.63, 3.8) is 0 Å². The van der Waals surface area contributed by atoms with Crippen LogP contribution in [-0.2, 0) is 6.54 Å². The zero-order valence-corrected chi connectivity index (χ0v) is 13.7. The van der Waals surface area contributed by atoms with Crippen LogP contribution >= 0.6 is 0 Å². The van der Waals surface area contributed by atoms with E-state index in [9.17, 15) is 9.90 Å². The van der Waals surface area contributed by atoms with E-state index in [4.69, 9.17) is 0 Å².